The lowest BCUT2D eigenvalue weighted by atomic mass is 9.78. The Kier molecular flexibility index (Phi) is 5.81. The molecule has 0 saturated heterocycles. The van der Waals surface area contributed by atoms with Crippen LogP contribution in [0.2, 0.25) is 10.0 Å². The molecular formula is C27H24Cl2F3N3O2. The van der Waals surface area contributed by atoms with Gasteiger partial charge in [-0.05, 0) is 68.7 Å². The summed E-state index contributed by atoms with van der Waals surface area (Å²) in [6.45, 7) is 0.158. The highest BCUT2D eigenvalue weighted by Crippen LogP contribution is 2.53. The van der Waals surface area contributed by atoms with Crippen LogP contribution in [0.5, 0.6) is 0 Å². The Bertz CT molecular complexity index is 1320. The third-order valence-electron chi connectivity index (χ3n) is 8.09. The summed E-state index contributed by atoms with van der Waals surface area (Å²) >= 11 is 12.3. The largest absolute Gasteiger partial charge is 0.416 e. The third-order valence-corrected chi connectivity index (χ3v) is 8.64. The van der Waals surface area contributed by atoms with Gasteiger partial charge >= 0.3 is 6.18 Å². The first-order valence-electron chi connectivity index (χ1n) is 12.5. The summed E-state index contributed by atoms with van der Waals surface area (Å²) in [5.74, 6) is -0.832. The molecule has 0 spiro atoms. The molecule has 37 heavy (non-hydrogen) atoms. The SMILES string of the molecule is N#Cc1cc2c(c(C(F)(F)F)c1)C(O)(c1ccc(Cl)cc1Cl)C(=O)N2CC1CC(N(C2CC2)C2CC2)C1. The summed E-state index contributed by atoms with van der Waals surface area (Å²) in [5.41, 5.74) is -5.02. The van der Waals surface area contributed by atoms with Gasteiger partial charge in [0, 0.05) is 45.8 Å². The van der Waals surface area contributed by atoms with E-state index in [2.05, 4.69) is 4.90 Å². The number of nitriles is 1. The van der Waals surface area contributed by atoms with E-state index >= 15 is 0 Å². The van der Waals surface area contributed by atoms with Gasteiger partial charge in [0.15, 0.2) is 5.60 Å². The Morgan fingerprint density at radius 3 is 2.27 bits per heavy atom. The Labute approximate surface area is 222 Å². The van der Waals surface area contributed by atoms with E-state index in [9.17, 15) is 28.3 Å². The molecule has 2 aromatic rings. The van der Waals surface area contributed by atoms with Crippen LogP contribution < -0.4 is 4.90 Å². The van der Waals surface area contributed by atoms with E-state index in [1.54, 1.807) is 6.07 Å². The smallest absolute Gasteiger partial charge is 0.372 e. The van der Waals surface area contributed by atoms with Gasteiger partial charge in [0.1, 0.15) is 0 Å². The predicted molar refractivity (Wildman–Crippen MR) is 132 cm³/mol. The molecule has 3 saturated carbocycles. The van der Waals surface area contributed by atoms with Crippen molar-refractivity contribution in [1.29, 1.82) is 5.26 Å². The Hall–Kier alpha value is -2.31. The summed E-state index contributed by atoms with van der Waals surface area (Å²) in [6, 6.07) is 9.30. The Balaban J connectivity index is 1.39. The molecule has 5 nitrogen and oxygen atoms in total. The minimum Gasteiger partial charge on any atom is -0.372 e. The number of amides is 1. The molecule has 1 N–H and O–H groups in total. The van der Waals surface area contributed by atoms with E-state index in [1.165, 1.54) is 54.8 Å². The maximum absolute atomic E-state index is 14.3. The quantitative estimate of drug-likeness (QED) is 0.489. The number of anilines is 1. The molecule has 0 radical (unpaired) electrons. The molecule has 10 heteroatoms. The minimum absolute atomic E-state index is 0.0740. The summed E-state index contributed by atoms with van der Waals surface area (Å²) < 4.78 is 42.8. The maximum atomic E-state index is 14.3. The molecule has 1 aliphatic heterocycles. The van der Waals surface area contributed by atoms with Crippen molar-refractivity contribution in [2.24, 2.45) is 5.92 Å². The summed E-state index contributed by atoms with van der Waals surface area (Å²) in [4.78, 5) is 17.7. The van der Waals surface area contributed by atoms with Crippen molar-refractivity contribution >= 4 is 34.8 Å². The topological polar surface area (TPSA) is 67.6 Å². The van der Waals surface area contributed by atoms with Crippen molar-refractivity contribution in [3.05, 3.63) is 62.6 Å². The van der Waals surface area contributed by atoms with Gasteiger partial charge in [0.2, 0.25) is 0 Å². The van der Waals surface area contributed by atoms with Gasteiger partial charge in [-0.1, -0.05) is 29.3 Å². The second-order valence-corrected chi connectivity index (χ2v) is 11.5. The second kappa shape index (κ2) is 8.60. The van der Waals surface area contributed by atoms with E-state index in [0.29, 0.717) is 24.2 Å². The zero-order valence-corrected chi connectivity index (χ0v) is 21.2. The summed E-state index contributed by atoms with van der Waals surface area (Å²) in [5, 5.41) is 21.4. The molecule has 0 bridgehead atoms. The molecule has 3 fully saturated rings. The molecule has 3 aliphatic carbocycles. The average Bonchev–Trinajstić information content (AvgIpc) is 3.73. The highest BCUT2D eigenvalue weighted by atomic mass is 35.5. The van der Waals surface area contributed by atoms with Crippen LogP contribution in [0.25, 0.3) is 0 Å². The van der Waals surface area contributed by atoms with Crippen LogP contribution in [0.4, 0.5) is 18.9 Å². The number of aliphatic hydroxyl groups is 1. The second-order valence-electron chi connectivity index (χ2n) is 10.7. The van der Waals surface area contributed by atoms with Gasteiger partial charge in [-0.2, -0.15) is 18.4 Å². The van der Waals surface area contributed by atoms with Crippen LogP contribution in [0.15, 0.2) is 30.3 Å². The monoisotopic (exact) mass is 549 g/mol. The summed E-state index contributed by atoms with van der Waals surface area (Å²) in [6.07, 6.45) is 1.61. The number of hydrogen-bond donors (Lipinski definition) is 1. The molecule has 1 amide bonds. The lowest BCUT2D eigenvalue weighted by Gasteiger charge is -2.45. The number of halogens is 5. The van der Waals surface area contributed by atoms with Crippen LogP contribution in [-0.2, 0) is 16.6 Å². The molecule has 2 aromatic carbocycles. The number of fused-ring (bicyclic) bond motifs is 1. The van der Waals surface area contributed by atoms with Gasteiger partial charge in [-0.3, -0.25) is 9.69 Å². The molecule has 6 rings (SSSR count). The lowest BCUT2D eigenvalue weighted by Crippen LogP contribution is -2.51. The molecule has 1 unspecified atom stereocenters. The fourth-order valence-corrected chi connectivity index (χ4v) is 6.67. The van der Waals surface area contributed by atoms with Crippen molar-refractivity contribution in [3.63, 3.8) is 0 Å². The number of carbonyl (C=O) groups is 1. The van der Waals surface area contributed by atoms with Crippen molar-refractivity contribution in [2.75, 3.05) is 11.4 Å². The van der Waals surface area contributed by atoms with E-state index in [0.717, 1.165) is 12.8 Å². The highest BCUT2D eigenvalue weighted by Gasteiger charge is 2.57. The third kappa shape index (κ3) is 4.11. The predicted octanol–water partition coefficient (Wildman–Crippen LogP) is 5.87. The molecule has 194 valence electrons. The van der Waals surface area contributed by atoms with Crippen molar-refractivity contribution in [3.8, 4) is 6.07 Å². The Morgan fingerprint density at radius 2 is 1.73 bits per heavy atom. The van der Waals surface area contributed by atoms with E-state index in [4.69, 9.17) is 23.2 Å². The number of rotatable bonds is 6. The fraction of sp³-hybridized carbons (Fsp3) is 0.481. The number of alkyl halides is 3. The number of hydrogen-bond acceptors (Lipinski definition) is 4. The molecule has 4 aliphatic rings. The van der Waals surface area contributed by atoms with Crippen molar-refractivity contribution in [1.82, 2.24) is 4.90 Å². The van der Waals surface area contributed by atoms with Crippen LogP contribution in [0.1, 0.15) is 60.8 Å². The van der Waals surface area contributed by atoms with Crippen LogP contribution in [0.3, 0.4) is 0 Å². The van der Waals surface area contributed by atoms with Gasteiger partial charge in [-0.15, -0.1) is 0 Å². The van der Waals surface area contributed by atoms with E-state index < -0.39 is 28.8 Å². The Morgan fingerprint density at radius 1 is 1.08 bits per heavy atom. The molecular weight excluding hydrogens is 526 g/mol. The lowest BCUT2D eigenvalue weighted by molar-refractivity contribution is -0.142. The van der Waals surface area contributed by atoms with Gasteiger partial charge in [0.25, 0.3) is 5.91 Å². The number of carbonyl (C=O) groups excluding carboxylic acids is 1. The fourth-order valence-electron chi connectivity index (χ4n) is 6.12. The number of nitrogens with zero attached hydrogens (tertiary/aromatic N) is 3. The van der Waals surface area contributed by atoms with Gasteiger partial charge in [0.05, 0.1) is 22.9 Å². The minimum atomic E-state index is -4.92. The standard InChI is InChI=1S/C27H24Cl2F3N3O2/c28-16-1-6-20(22(29)11-16)26(37)24-21(27(30,31)32)9-14(12-33)10-23(24)34(25(26)36)13-15-7-19(8-15)35(17-2-3-17)18-4-5-18/h1,6,9-11,15,17-19,37H,2-5,7-8,13H2. The van der Waals surface area contributed by atoms with Crippen LogP contribution >= 0.6 is 23.2 Å². The average molecular weight is 550 g/mol. The first-order chi connectivity index (χ1) is 17.5. The van der Waals surface area contributed by atoms with Gasteiger partial charge < -0.3 is 10.0 Å². The summed E-state index contributed by atoms with van der Waals surface area (Å²) in [7, 11) is 0. The van der Waals surface area contributed by atoms with Crippen molar-refractivity contribution in [2.45, 2.75) is 68.4 Å². The number of benzene rings is 2. The van der Waals surface area contributed by atoms with E-state index in [1.807, 2.05) is 0 Å². The first kappa shape index (κ1) is 25.0. The molecule has 1 heterocycles. The van der Waals surface area contributed by atoms with E-state index in [-0.39, 0.29) is 39.3 Å². The highest BCUT2D eigenvalue weighted by molar-refractivity contribution is 6.35. The zero-order chi connectivity index (χ0) is 26.3. The van der Waals surface area contributed by atoms with Crippen molar-refractivity contribution < 1.29 is 23.1 Å². The normalized spacial score (nSPS) is 27.3. The zero-order valence-electron chi connectivity index (χ0n) is 19.7. The van der Waals surface area contributed by atoms with Gasteiger partial charge in [-0.25, -0.2) is 0 Å². The maximum Gasteiger partial charge on any atom is 0.416 e. The van der Waals surface area contributed by atoms with Crippen LogP contribution in [0, 0.1) is 17.2 Å². The van der Waals surface area contributed by atoms with Crippen LogP contribution in [-0.4, -0.2) is 40.6 Å². The molecule has 0 aromatic heterocycles. The first-order valence-corrected chi connectivity index (χ1v) is 13.2. The molecule has 1 atom stereocenters.